The van der Waals surface area contributed by atoms with Crippen LogP contribution in [0.5, 0.6) is 0 Å². The van der Waals surface area contributed by atoms with Crippen LogP contribution in [-0.4, -0.2) is 22.0 Å². The molecule has 21 heavy (non-hydrogen) atoms. The number of halogens is 2. The Bertz CT molecular complexity index is 718. The SMILES string of the molecule is Nc1cc(Br)cnc1N.O=C1C=Nc2ncc(Br)cc2C1. The monoisotopic (exact) mass is 411 g/mol. The molecule has 1 aliphatic heterocycles. The molecule has 0 radical (unpaired) electrons. The van der Waals surface area contributed by atoms with Gasteiger partial charge in [-0.25, -0.2) is 15.0 Å². The van der Waals surface area contributed by atoms with E-state index in [2.05, 4.69) is 46.8 Å². The zero-order valence-corrected chi connectivity index (χ0v) is 13.9. The summed E-state index contributed by atoms with van der Waals surface area (Å²) in [6, 6.07) is 3.58. The summed E-state index contributed by atoms with van der Waals surface area (Å²) in [5.41, 5.74) is 12.1. The number of hydrogen-bond acceptors (Lipinski definition) is 6. The number of rotatable bonds is 0. The normalized spacial score (nSPS) is 12.4. The Morgan fingerprint density at radius 2 is 1.71 bits per heavy atom. The number of aliphatic imine (C=N–C) groups is 1. The second kappa shape index (κ2) is 6.77. The number of ketones is 1. The number of aromatic nitrogens is 2. The molecule has 0 saturated carbocycles. The van der Waals surface area contributed by atoms with E-state index in [0.717, 1.165) is 14.5 Å². The minimum absolute atomic E-state index is 0.0300. The zero-order chi connectivity index (χ0) is 15.4. The molecular weight excluding hydrogens is 402 g/mol. The average Bonchev–Trinajstić information content (AvgIpc) is 2.43. The summed E-state index contributed by atoms with van der Waals surface area (Å²) in [7, 11) is 0. The quantitative estimate of drug-likeness (QED) is 0.691. The first-order chi connectivity index (χ1) is 9.95. The van der Waals surface area contributed by atoms with Crippen LogP contribution in [0.3, 0.4) is 0 Å². The van der Waals surface area contributed by atoms with Gasteiger partial charge in [0.05, 0.1) is 11.9 Å². The van der Waals surface area contributed by atoms with Gasteiger partial charge in [-0.3, -0.25) is 4.79 Å². The molecule has 0 atom stereocenters. The Balaban J connectivity index is 0.000000161. The lowest BCUT2D eigenvalue weighted by molar-refractivity contribution is -0.112. The Morgan fingerprint density at radius 3 is 2.38 bits per heavy atom. The molecule has 0 unspecified atom stereocenters. The van der Waals surface area contributed by atoms with E-state index in [1.165, 1.54) is 6.21 Å². The first kappa shape index (κ1) is 15.6. The predicted octanol–water partition coefficient (Wildman–Crippen LogP) is 2.68. The first-order valence-electron chi connectivity index (χ1n) is 5.83. The maximum absolute atomic E-state index is 10.9. The highest BCUT2D eigenvalue weighted by molar-refractivity contribution is 9.10. The highest BCUT2D eigenvalue weighted by Crippen LogP contribution is 2.22. The number of carbonyl (C=O) groups is 1. The van der Waals surface area contributed by atoms with Gasteiger partial charge in [0.15, 0.2) is 11.6 Å². The molecule has 0 amide bonds. The van der Waals surface area contributed by atoms with Crippen molar-refractivity contribution in [2.45, 2.75) is 6.42 Å². The number of nitrogens with zero attached hydrogens (tertiary/aromatic N) is 3. The minimum atomic E-state index is 0.0300. The molecule has 0 aliphatic carbocycles. The van der Waals surface area contributed by atoms with Gasteiger partial charge < -0.3 is 11.5 Å². The number of pyridine rings is 2. The van der Waals surface area contributed by atoms with E-state index in [1.807, 2.05) is 6.07 Å². The highest BCUT2D eigenvalue weighted by atomic mass is 79.9. The summed E-state index contributed by atoms with van der Waals surface area (Å²) in [5.74, 6) is 1.05. The van der Waals surface area contributed by atoms with E-state index in [0.29, 0.717) is 23.7 Å². The molecule has 2 aromatic rings. The van der Waals surface area contributed by atoms with Gasteiger partial charge in [-0.1, -0.05) is 0 Å². The van der Waals surface area contributed by atoms with Gasteiger partial charge in [0.1, 0.15) is 5.82 Å². The molecule has 4 N–H and O–H groups in total. The zero-order valence-electron chi connectivity index (χ0n) is 10.8. The number of anilines is 2. The summed E-state index contributed by atoms with van der Waals surface area (Å²) in [4.78, 5) is 22.7. The third-order valence-corrected chi connectivity index (χ3v) is 3.39. The molecular formula is C13H11Br2N5O. The van der Waals surface area contributed by atoms with E-state index in [1.54, 1.807) is 18.5 Å². The van der Waals surface area contributed by atoms with Crippen molar-refractivity contribution in [3.63, 3.8) is 0 Å². The van der Waals surface area contributed by atoms with Gasteiger partial charge in [0.25, 0.3) is 0 Å². The van der Waals surface area contributed by atoms with E-state index in [4.69, 9.17) is 11.5 Å². The molecule has 108 valence electrons. The molecule has 8 heteroatoms. The Morgan fingerprint density at radius 1 is 1.05 bits per heavy atom. The second-order valence-electron chi connectivity index (χ2n) is 4.17. The van der Waals surface area contributed by atoms with Crippen LogP contribution in [0.2, 0.25) is 0 Å². The second-order valence-corrected chi connectivity index (χ2v) is 6.00. The van der Waals surface area contributed by atoms with E-state index in [9.17, 15) is 4.79 Å². The Hall–Kier alpha value is -1.80. The van der Waals surface area contributed by atoms with Crippen LogP contribution in [-0.2, 0) is 11.2 Å². The van der Waals surface area contributed by atoms with Crippen molar-refractivity contribution in [1.82, 2.24) is 9.97 Å². The molecule has 2 aromatic heterocycles. The molecule has 0 fully saturated rings. The average molecular weight is 413 g/mol. The third kappa shape index (κ3) is 4.33. The van der Waals surface area contributed by atoms with Gasteiger partial charge in [0.2, 0.25) is 0 Å². The standard InChI is InChI=1S/C8H5BrN2O.C5H6BrN3/c9-6-1-5-2-7(12)4-11-8(5)10-3-6;6-3-1-4(7)5(8)9-2-3/h1,3-4H,2H2;1-2H,7H2,(H2,8,9). The molecule has 0 bridgehead atoms. The van der Waals surface area contributed by atoms with Crippen molar-refractivity contribution in [2.75, 3.05) is 11.5 Å². The van der Waals surface area contributed by atoms with Crippen LogP contribution in [0, 0.1) is 0 Å². The van der Waals surface area contributed by atoms with E-state index >= 15 is 0 Å². The summed E-state index contributed by atoms with van der Waals surface area (Å²) in [5, 5.41) is 0. The van der Waals surface area contributed by atoms with Gasteiger partial charge >= 0.3 is 0 Å². The summed E-state index contributed by atoms with van der Waals surface area (Å²) < 4.78 is 1.72. The van der Waals surface area contributed by atoms with Crippen molar-refractivity contribution >= 4 is 61.2 Å². The number of fused-ring (bicyclic) bond motifs is 1. The number of nitrogens with two attached hydrogens (primary N) is 2. The van der Waals surface area contributed by atoms with Gasteiger partial charge in [0, 0.05) is 33.3 Å². The third-order valence-electron chi connectivity index (χ3n) is 2.52. The fourth-order valence-corrected chi connectivity index (χ4v) is 2.28. The van der Waals surface area contributed by atoms with Gasteiger partial charge in [-0.15, -0.1) is 0 Å². The fourth-order valence-electron chi connectivity index (χ4n) is 1.55. The lowest BCUT2D eigenvalue weighted by Crippen LogP contribution is -2.08. The molecule has 0 saturated heterocycles. The van der Waals surface area contributed by atoms with E-state index < -0.39 is 0 Å². The molecule has 3 rings (SSSR count). The molecule has 0 aromatic carbocycles. The summed E-state index contributed by atoms with van der Waals surface area (Å²) in [6.07, 6.45) is 5.01. The minimum Gasteiger partial charge on any atom is -0.396 e. The maximum Gasteiger partial charge on any atom is 0.178 e. The topological polar surface area (TPSA) is 107 Å². The van der Waals surface area contributed by atoms with Crippen molar-refractivity contribution < 1.29 is 4.79 Å². The van der Waals surface area contributed by atoms with Crippen molar-refractivity contribution in [3.8, 4) is 0 Å². The van der Waals surface area contributed by atoms with Crippen molar-refractivity contribution in [1.29, 1.82) is 0 Å². The highest BCUT2D eigenvalue weighted by Gasteiger charge is 2.12. The van der Waals surface area contributed by atoms with Crippen molar-refractivity contribution in [3.05, 3.63) is 39.0 Å². The van der Waals surface area contributed by atoms with Crippen molar-refractivity contribution in [2.24, 2.45) is 4.99 Å². The van der Waals surface area contributed by atoms with Crippen LogP contribution in [0.25, 0.3) is 0 Å². The van der Waals surface area contributed by atoms with Crippen LogP contribution in [0.4, 0.5) is 17.3 Å². The predicted molar refractivity (Wildman–Crippen MR) is 89.6 cm³/mol. The number of hydrogen-bond donors (Lipinski definition) is 2. The van der Waals surface area contributed by atoms with Crippen LogP contribution < -0.4 is 11.5 Å². The number of Topliss-reactive ketones (excluding diaryl/α,β-unsaturated/α-hetero) is 1. The largest absolute Gasteiger partial charge is 0.396 e. The van der Waals surface area contributed by atoms with Crippen LogP contribution >= 0.6 is 31.9 Å². The van der Waals surface area contributed by atoms with Crippen LogP contribution in [0.15, 0.2) is 38.5 Å². The number of nitrogen functional groups attached to an aromatic ring is 2. The van der Waals surface area contributed by atoms with Gasteiger partial charge in [-0.05, 0) is 44.0 Å². The summed E-state index contributed by atoms with van der Waals surface area (Å²) in [6.45, 7) is 0. The lowest BCUT2D eigenvalue weighted by atomic mass is 10.1. The molecule has 1 aliphatic rings. The lowest BCUT2D eigenvalue weighted by Gasteiger charge is -2.06. The summed E-state index contributed by atoms with van der Waals surface area (Å²) >= 11 is 6.48. The Labute approximate surface area is 137 Å². The molecule has 6 nitrogen and oxygen atoms in total. The Kier molecular flexibility index (Phi) is 5.03. The maximum atomic E-state index is 10.9. The van der Waals surface area contributed by atoms with Gasteiger partial charge in [-0.2, -0.15) is 0 Å². The number of carbonyl (C=O) groups excluding carboxylic acids is 1. The van der Waals surface area contributed by atoms with Crippen LogP contribution in [0.1, 0.15) is 5.56 Å². The smallest absolute Gasteiger partial charge is 0.178 e. The first-order valence-corrected chi connectivity index (χ1v) is 7.42. The van der Waals surface area contributed by atoms with E-state index in [-0.39, 0.29) is 5.78 Å². The molecule has 3 heterocycles. The molecule has 0 spiro atoms. The fraction of sp³-hybridized carbons (Fsp3) is 0.0769.